The molecule has 1 saturated heterocycles. The van der Waals surface area contributed by atoms with Gasteiger partial charge in [-0.25, -0.2) is 0 Å². The van der Waals surface area contributed by atoms with Gasteiger partial charge >= 0.3 is 0 Å². The van der Waals surface area contributed by atoms with Crippen molar-refractivity contribution >= 4 is 11.8 Å². The summed E-state index contributed by atoms with van der Waals surface area (Å²) in [7, 11) is 1.86. The molecule has 1 aliphatic heterocycles. The van der Waals surface area contributed by atoms with Crippen LogP contribution in [0.25, 0.3) is 0 Å². The average molecular weight is 358 g/mol. The molecule has 0 bridgehead atoms. The zero-order chi connectivity index (χ0) is 18.7. The number of hydrogen-bond donors (Lipinski definition) is 0. The van der Waals surface area contributed by atoms with Crippen molar-refractivity contribution in [2.75, 3.05) is 26.7 Å². The van der Waals surface area contributed by atoms with E-state index < -0.39 is 0 Å². The van der Waals surface area contributed by atoms with Crippen molar-refractivity contribution in [1.29, 1.82) is 0 Å². The number of likely N-dealkylation sites (tertiary alicyclic amines) is 1. The van der Waals surface area contributed by atoms with E-state index in [1.807, 2.05) is 44.0 Å². The lowest BCUT2D eigenvalue weighted by Gasteiger charge is -2.34. The number of hydrogen-bond acceptors (Lipinski definition) is 3. The van der Waals surface area contributed by atoms with Gasteiger partial charge in [-0.15, -0.1) is 0 Å². The van der Waals surface area contributed by atoms with Crippen LogP contribution >= 0.6 is 0 Å². The van der Waals surface area contributed by atoms with Gasteiger partial charge in [0.05, 0.1) is 12.5 Å². The Morgan fingerprint density at radius 2 is 1.92 bits per heavy atom. The Hall–Kier alpha value is -2.04. The second-order valence-electron chi connectivity index (χ2n) is 7.70. The van der Waals surface area contributed by atoms with Crippen LogP contribution in [0.5, 0.6) is 5.75 Å². The summed E-state index contributed by atoms with van der Waals surface area (Å²) in [5, 5.41) is 0. The predicted octanol–water partition coefficient (Wildman–Crippen LogP) is 2.93. The lowest BCUT2D eigenvalue weighted by atomic mass is 9.96. The minimum atomic E-state index is -0.0437. The van der Waals surface area contributed by atoms with Gasteiger partial charge in [0.15, 0.2) is 0 Å². The molecule has 2 aliphatic rings. The molecule has 0 unspecified atom stereocenters. The number of rotatable bonds is 7. The number of piperidine rings is 1. The van der Waals surface area contributed by atoms with E-state index in [0.29, 0.717) is 38.6 Å². The molecule has 0 spiro atoms. The summed E-state index contributed by atoms with van der Waals surface area (Å²) in [5.74, 6) is 1.29. The third-order valence-corrected chi connectivity index (χ3v) is 5.45. The van der Waals surface area contributed by atoms with Crippen molar-refractivity contribution in [1.82, 2.24) is 9.80 Å². The first-order valence-electron chi connectivity index (χ1n) is 9.71. The van der Waals surface area contributed by atoms with Crippen LogP contribution in [0, 0.1) is 19.8 Å². The highest BCUT2D eigenvalue weighted by atomic mass is 16.5. The van der Waals surface area contributed by atoms with Gasteiger partial charge in [-0.05, 0) is 50.7 Å². The zero-order valence-corrected chi connectivity index (χ0v) is 16.2. The molecule has 1 atom stereocenters. The largest absolute Gasteiger partial charge is 0.493 e. The van der Waals surface area contributed by atoms with Crippen LogP contribution in [-0.4, -0.2) is 54.4 Å². The molecule has 1 aliphatic carbocycles. The van der Waals surface area contributed by atoms with Gasteiger partial charge < -0.3 is 14.5 Å². The van der Waals surface area contributed by atoms with E-state index in [-0.39, 0.29) is 17.7 Å². The van der Waals surface area contributed by atoms with E-state index in [4.69, 9.17) is 4.74 Å². The highest BCUT2D eigenvalue weighted by Crippen LogP contribution is 2.32. The molecule has 0 radical (unpaired) electrons. The lowest BCUT2D eigenvalue weighted by Crippen LogP contribution is -2.47. The van der Waals surface area contributed by atoms with E-state index in [2.05, 4.69) is 0 Å². The molecule has 5 nitrogen and oxygen atoms in total. The molecule has 3 rings (SSSR count). The van der Waals surface area contributed by atoms with Crippen molar-refractivity contribution in [2.45, 2.75) is 52.0 Å². The second kappa shape index (κ2) is 8.11. The van der Waals surface area contributed by atoms with E-state index in [1.54, 1.807) is 4.90 Å². The number of carbonyl (C=O) groups is 2. The van der Waals surface area contributed by atoms with E-state index >= 15 is 0 Å². The zero-order valence-electron chi connectivity index (χ0n) is 16.2. The maximum absolute atomic E-state index is 12.7. The van der Waals surface area contributed by atoms with E-state index in [0.717, 1.165) is 36.1 Å². The van der Waals surface area contributed by atoms with E-state index in [1.165, 1.54) is 0 Å². The topological polar surface area (TPSA) is 49.9 Å². The lowest BCUT2D eigenvalue weighted by molar-refractivity contribution is -0.142. The Labute approximate surface area is 156 Å². The number of aryl methyl sites for hydroxylation is 2. The second-order valence-corrected chi connectivity index (χ2v) is 7.70. The first-order valence-corrected chi connectivity index (χ1v) is 9.71. The fourth-order valence-electron chi connectivity index (χ4n) is 3.74. The van der Waals surface area contributed by atoms with Crippen LogP contribution in [-0.2, 0) is 9.59 Å². The molecule has 1 heterocycles. The minimum absolute atomic E-state index is 0.0437. The summed E-state index contributed by atoms with van der Waals surface area (Å²) < 4.78 is 5.92. The number of carbonyl (C=O) groups excluding carboxylic acids is 2. The van der Waals surface area contributed by atoms with E-state index in [9.17, 15) is 9.59 Å². The molecule has 1 aromatic carbocycles. The van der Waals surface area contributed by atoms with Gasteiger partial charge in [-0.3, -0.25) is 9.59 Å². The van der Waals surface area contributed by atoms with Crippen LogP contribution in [0.2, 0.25) is 0 Å². The van der Waals surface area contributed by atoms with Gasteiger partial charge in [-0.1, -0.05) is 18.2 Å². The molecule has 26 heavy (non-hydrogen) atoms. The fraction of sp³-hybridized carbons (Fsp3) is 0.619. The Balaban J connectivity index is 1.43. The summed E-state index contributed by atoms with van der Waals surface area (Å²) in [5.41, 5.74) is 2.28. The van der Waals surface area contributed by atoms with Crippen LogP contribution < -0.4 is 4.74 Å². The maximum atomic E-state index is 12.7. The Morgan fingerprint density at radius 3 is 2.58 bits per heavy atom. The molecular formula is C21H30N2O3. The molecule has 1 aromatic rings. The van der Waals surface area contributed by atoms with Crippen molar-refractivity contribution in [2.24, 2.45) is 5.92 Å². The first kappa shape index (κ1) is 18.7. The molecule has 2 fully saturated rings. The third kappa shape index (κ3) is 4.37. The summed E-state index contributed by atoms with van der Waals surface area (Å²) in [4.78, 5) is 28.5. The summed E-state index contributed by atoms with van der Waals surface area (Å²) in [6.07, 6.45) is 4.19. The fourth-order valence-corrected chi connectivity index (χ4v) is 3.74. The quantitative estimate of drug-likeness (QED) is 0.704. The number of nitrogens with zero attached hydrogens (tertiary/aromatic N) is 2. The van der Waals surface area contributed by atoms with Gasteiger partial charge in [-0.2, -0.15) is 0 Å². The SMILES string of the molecule is Cc1cccc(C)c1OCCCN(C)C(=O)[C@H]1CCC(=O)N(C2CC2)C1. The predicted molar refractivity (Wildman–Crippen MR) is 101 cm³/mol. The highest BCUT2D eigenvalue weighted by molar-refractivity contribution is 5.84. The summed E-state index contributed by atoms with van der Waals surface area (Å²) in [6, 6.07) is 6.53. The van der Waals surface area contributed by atoms with Gasteiger partial charge in [0.2, 0.25) is 11.8 Å². The first-order chi connectivity index (χ1) is 12.5. The molecule has 0 aromatic heterocycles. The molecular weight excluding hydrogens is 328 g/mol. The molecule has 1 saturated carbocycles. The summed E-state index contributed by atoms with van der Waals surface area (Å²) >= 11 is 0. The molecule has 142 valence electrons. The Morgan fingerprint density at radius 1 is 1.23 bits per heavy atom. The molecule has 5 heteroatoms. The molecule has 0 N–H and O–H groups in total. The van der Waals surface area contributed by atoms with Crippen molar-refractivity contribution in [3.05, 3.63) is 29.3 Å². The van der Waals surface area contributed by atoms with Gasteiger partial charge in [0.1, 0.15) is 5.75 Å². The number of para-hydroxylation sites is 1. The highest BCUT2D eigenvalue weighted by Gasteiger charge is 2.39. The number of ether oxygens (including phenoxy) is 1. The van der Waals surface area contributed by atoms with Gasteiger partial charge in [0.25, 0.3) is 0 Å². The van der Waals surface area contributed by atoms with Crippen molar-refractivity contribution < 1.29 is 14.3 Å². The number of amides is 2. The van der Waals surface area contributed by atoms with Crippen LogP contribution in [0.1, 0.15) is 43.2 Å². The van der Waals surface area contributed by atoms with Crippen LogP contribution in [0.15, 0.2) is 18.2 Å². The monoisotopic (exact) mass is 358 g/mol. The van der Waals surface area contributed by atoms with Crippen LogP contribution in [0.4, 0.5) is 0 Å². The van der Waals surface area contributed by atoms with Crippen molar-refractivity contribution in [3.63, 3.8) is 0 Å². The number of benzene rings is 1. The molecule has 2 amide bonds. The Bertz CT molecular complexity index is 649. The smallest absolute Gasteiger partial charge is 0.227 e. The Kier molecular flexibility index (Phi) is 5.84. The normalized spacial score (nSPS) is 20.2. The van der Waals surface area contributed by atoms with Gasteiger partial charge in [0, 0.05) is 32.6 Å². The minimum Gasteiger partial charge on any atom is -0.493 e. The van der Waals surface area contributed by atoms with Crippen molar-refractivity contribution in [3.8, 4) is 5.75 Å². The maximum Gasteiger partial charge on any atom is 0.227 e. The van der Waals surface area contributed by atoms with Crippen LogP contribution in [0.3, 0.4) is 0 Å². The third-order valence-electron chi connectivity index (χ3n) is 5.45. The summed E-state index contributed by atoms with van der Waals surface area (Å²) in [6.45, 7) is 5.98. The standard InChI is InChI=1S/C21H30N2O3/c1-15-6-4-7-16(2)20(15)26-13-5-12-22(3)21(25)17-8-11-19(24)23(14-17)18-9-10-18/h4,6-7,17-18H,5,8-14H2,1-3H3/t17-/m0/s1. The average Bonchev–Trinajstić information content (AvgIpc) is 3.45.